The van der Waals surface area contributed by atoms with E-state index in [1.807, 2.05) is 30.3 Å². The summed E-state index contributed by atoms with van der Waals surface area (Å²) < 4.78 is 5.73. The molecule has 4 bridgehead atoms. The van der Waals surface area contributed by atoms with Gasteiger partial charge in [0.05, 0.1) is 0 Å². The molecular weight excluding hydrogens is 318 g/mol. The SMILES string of the molecule is O=C(N[C@@H](Cc1ccccc1)C(=O)O)OC1C2CC3CC(C2)CC1C3. The van der Waals surface area contributed by atoms with Gasteiger partial charge in [-0.3, -0.25) is 0 Å². The van der Waals surface area contributed by atoms with Gasteiger partial charge in [0.1, 0.15) is 12.1 Å². The van der Waals surface area contributed by atoms with Crippen LogP contribution in [0.25, 0.3) is 0 Å². The van der Waals surface area contributed by atoms with Crippen LogP contribution in [0.5, 0.6) is 0 Å². The van der Waals surface area contributed by atoms with E-state index in [0.29, 0.717) is 11.8 Å². The Hall–Kier alpha value is -2.04. The maximum absolute atomic E-state index is 12.3. The number of hydrogen-bond acceptors (Lipinski definition) is 3. The highest BCUT2D eigenvalue weighted by Gasteiger charge is 2.50. The van der Waals surface area contributed by atoms with Gasteiger partial charge in [-0.05, 0) is 61.3 Å². The van der Waals surface area contributed by atoms with Crippen LogP contribution in [0.1, 0.15) is 37.7 Å². The average molecular weight is 343 g/mol. The second-order valence-corrected chi connectivity index (χ2v) is 8.03. The molecule has 1 aromatic carbocycles. The summed E-state index contributed by atoms with van der Waals surface area (Å²) in [5, 5.41) is 12.0. The van der Waals surface area contributed by atoms with Crippen molar-refractivity contribution < 1.29 is 19.4 Å². The smallest absolute Gasteiger partial charge is 0.408 e. The number of rotatable bonds is 5. The van der Waals surface area contributed by atoms with Crippen LogP contribution in [0.3, 0.4) is 0 Å². The molecule has 0 aliphatic heterocycles. The Morgan fingerprint density at radius 1 is 1.04 bits per heavy atom. The Kier molecular flexibility index (Phi) is 4.40. The van der Waals surface area contributed by atoms with Gasteiger partial charge < -0.3 is 15.2 Å². The molecule has 1 atom stereocenters. The van der Waals surface area contributed by atoms with Gasteiger partial charge in [-0.1, -0.05) is 30.3 Å². The predicted molar refractivity (Wildman–Crippen MR) is 92.0 cm³/mol. The van der Waals surface area contributed by atoms with Crippen molar-refractivity contribution in [3.63, 3.8) is 0 Å². The minimum absolute atomic E-state index is 0.0287. The van der Waals surface area contributed by atoms with E-state index in [1.165, 1.54) is 6.42 Å². The Morgan fingerprint density at radius 3 is 2.20 bits per heavy atom. The number of carboxylic acid groups (broad SMARTS) is 1. The van der Waals surface area contributed by atoms with Gasteiger partial charge >= 0.3 is 12.1 Å². The molecule has 0 spiro atoms. The number of carbonyl (C=O) groups is 2. The summed E-state index contributed by atoms with van der Waals surface area (Å²) in [6.45, 7) is 0. The molecule has 134 valence electrons. The summed E-state index contributed by atoms with van der Waals surface area (Å²) in [5.41, 5.74) is 0.879. The average Bonchev–Trinajstić information content (AvgIpc) is 2.58. The highest BCUT2D eigenvalue weighted by molar-refractivity contribution is 5.80. The molecule has 0 saturated heterocycles. The highest BCUT2D eigenvalue weighted by Crippen LogP contribution is 2.54. The first kappa shape index (κ1) is 16.4. The van der Waals surface area contributed by atoms with Gasteiger partial charge in [-0.2, -0.15) is 0 Å². The van der Waals surface area contributed by atoms with Crippen molar-refractivity contribution >= 4 is 12.1 Å². The maximum atomic E-state index is 12.3. The Labute approximate surface area is 147 Å². The minimum atomic E-state index is -1.04. The first-order valence-corrected chi connectivity index (χ1v) is 9.32. The summed E-state index contributed by atoms with van der Waals surface area (Å²) in [6.07, 6.45) is 5.65. The number of aliphatic carboxylic acids is 1. The van der Waals surface area contributed by atoms with Gasteiger partial charge in [0.25, 0.3) is 0 Å². The topological polar surface area (TPSA) is 75.6 Å². The summed E-state index contributed by atoms with van der Waals surface area (Å²) >= 11 is 0. The molecule has 0 radical (unpaired) electrons. The molecule has 5 heteroatoms. The van der Waals surface area contributed by atoms with E-state index in [9.17, 15) is 14.7 Å². The molecule has 5 nitrogen and oxygen atoms in total. The number of ether oxygens (including phenoxy) is 1. The van der Waals surface area contributed by atoms with E-state index in [4.69, 9.17) is 4.74 Å². The number of carboxylic acids is 1. The van der Waals surface area contributed by atoms with Crippen molar-refractivity contribution in [2.75, 3.05) is 0 Å². The zero-order chi connectivity index (χ0) is 17.4. The van der Waals surface area contributed by atoms with Crippen LogP contribution in [-0.2, 0) is 16.0 Å². The van der Waals surface area contributed by atoms with Crippen molar-refractivity contribution in [2.45, 2.75) is 50.7 Å². The third kappa shape index (κ3) is 3.51. The zero-order valence-electron chi connectivity index (χ0n) is 14.3. The molecule has 4 saturated carbocycles. The van der Waals surface area contributed by atoms with Gasteiger partial charge in [-0.25, -0.2) is 9.59 Å². The monoisotopic (exact) mass is 343 g/mol. The Bertz CT molecular complexity index is 616. The van der Waals surface area contributed by atoms with Crippen LogP contribution in [0, 0.1) is 23.7 Å². The second-order valence-electron chi connectivity index (χ2n) is 8.03. The van der Waals surface area contributed by atoms with E-state index in [0.717, 1.165) is 43.1 Å². The van der Waals surface area contributed by atoms with Crippen LogP contribution in [0.4, 0.5) is 4.79 Å². The second kappa shape index (κ2) is 6.70. The summed E-state index contributed by atoms with van der Waals surface area (Å²) in [5.74, 6) is 1.54. The number of nitrogens with one attached hydrogen (secondary N) is 1. The molecule has 2 N–H and O–H groups in total. The quantitative estimate of drug-likeness (QED) is 0.861. The normalized spacial score (nSPS) is 33.7. The van der Waals surface area contributed by atoms with Crippen LogP contribution < -0.4 is 5.32 Å². The first-order valence-electron chi connectivity index (χ1n) is 9.32. The van der Waals surface area contributed by atoms with Crippen LogP contribution in [-0.4, -0.2) is 29.3 Å². The van der Waals surface area contributed by atoms with E-state index in [1.54, 1.807) is 0 Å². The van der Waals surface area contributed by atoms with Crippen molar-refractivity contribution in [1.29, 1.82) is 0 Å². The van der Waals surface area contributed by atoms with Gasteiger partial charge in [-0.15, -0.1) is 0 Å². The van der Waals surface area contributed by atoms with Crippen LogP contribution in [0.15, 0.2) is 30.3 Å². The third-order valence-electron chi connectivity index (χ3n) is 6.26. The molecule has 0 heterocycles. The van der Waals surface area contributed by atoms with Crippen molar-refractivity contribution in [1.82, 2.24) is 5.32 Å². The fraction of sp³-hybridized carbons (Fsp3) is 0.600. The van der Waals surface area contributed by atoms with E-state index >= 15 is 0 Å². The largest absolute Gasteiger partial charge is 0.480 e. The summed E-state index contributed by atoms with van der Waals surface area (Å²) in [4.78, 5) is 23.8. The fourth-order valence-corrected chi connectivity index (χ4v) is 5.42. The standard InChI is InChI=1S/C20H25NO4/c22-19(23)17(11-12-4-2-1-3-5-12)21-20(24)25-18-15-7-13-6-14(9-15)10-16(18)8-13/h1-5,13-18H,6-11H2,(H,21,24)(H,22,23)/t13?,14?,15?,16?,17-,18?/m0/s1. The molecule has 0 unspecified atom stereocenters. The third-order valence-corrected chi connectivity index (χ3v) is 6.26. The van der Waals surface area contributed by atoms with E-state index in [2.05, 4.69) is 5.32 Å². The molecule has 25 heavy (non-hydrogen) atoms. The van der Waals surface area contributed by atoms with Gasteiger partial charge in [0.15, 0.2) is 0 Å². The molecule has 5 rings (SSSR count). The lowest BCUT2D eigenvalue weighted by molar-refractivity contribution is -0.139. The lowest BCUT2D eigenvalue weighted by Crippen LogP contribution is -2.52. The molecule has 1 amide bonds. The molecular formula is C20H25NO4. The highest BCUT2D eigenvalue weighted by atomic mass is 16.6. The first-order chi connectivity index (χ1) is 12.1. The number of amides is 1. The number of benzene rings is 1. The number of carbonyl (C=O) groups excluding carboxylic acids is 1. The molecule has 4 aliphatic rings. The zero-order valence-corrected chi connectivity index (χ0v) is 14.3. The Morgan fingerprint density at radius 2 is 1.64 bits per heavy atom. The molecule has 4 aliphatic carbocycles. The van der Waals surface area contributed by atoms with Crippen LogP contribution >= 0.6 is 0 Å². The summed E-state index contributed by atoms with van der Waals surface area (Å²) in [7, 11) is 0. The molecule has 4 fully saturated rings. The number of alkyl carbamates (subject to hydrolysis) is 1. The van der Waals surface area contributed by atoms with Crippen molar-refractivity contribution in [2.24, 2.45) is 23.7 Å². The molecule has 0 aromatic heterocycles. The predicted octanol–water partition coefficient (Wildman–Crippen LogP) is 3.23. The number of hydrogen-bond donors (Lipinski definition) is 2. The Balaban J connectivity index is 1.36. The summed E-state index contributed by atoms with van der Waals surface area (Å²) in [6, 6.07) is 8.36. The van der Waals surface area contributed by atoms with Crippen molar-refractivity contribution in [3.8, 4) is 0 Å². The van der Waals surface area contributed by atoms with Gasteiger partial charge in [0, 0.05) is 6.42 Å². The van der Waals surface area contributed by atoms with Crippen LogP contribution in [0.2, 0.25) is 0 Å². The van der Waals surface area contributed by atoms with Gasteiger partial charge in [0.2, 0.25) is 0 Å². The lowest BCUT2D eigenvalue weighted by atomic mass is 9.55. The minimum Gasteiger partial charge on any atom is -0.480 e. The van der Waals surface area contributed by atoms with E-state index < -0.39 is 18.1 Å². The van der Waals surface area contributed by atoms with E-state index in [-0.39, 0.29) is 12.5 Å². The lowest BCUT2D eigenvalue weighted by Gasteiger charge is -2.53. The van der Waals surface area contributed by atoms with Crippen molar-refractivity contribution in [3.05, 3.63) is 35.9 Å². The maximum Gasteiger partial charge on any atom is 0.408 e. The fourth-order valence-electron chi connectivity index (χ4n) is 5.42. The molecule has 1 aromatic rings.